The summed E-state index contributed by atoms with van der Waals surface area (Å²) < 4.78 is 0. The van der Waals surface area contributed by atoms with Crippen molar-refractivity contribution in [3.05, 3.63) is 16.0 Å². The lowest BCUT2D eigenvalue weighted by Gasteiger charge is -2.20. The molecule has 0 heterocycles. The third kappa shape index (κ3) is 7.30. The molecule has 0 rings (SSSR count). The van der Waals surface area contributed by atoms with Gasteiger partial charge in [-0.15, -0.1) is 0 Å². The van der Waals surface area contributed by atoms with Gasteiger partial charge >= 0.3 is 0 Å². The zero-order valence-electron chi connectivity index (χ0n) is 7.68. The summed E-state index contributed by atoms with van der Waals surface area (Å²) in [5.74, 6) is 0.947. The van der Waals surface area contributed by atoms with Crippen molar-refractivity contribution in [2.75, 3.05) is 6.54 Å². The van der Waals surface area contributed by atoms with Crippen LogP contribution in [0, 0.1) is 21.4 Å². The van der Waals surface area contributed by atoms with Crippen LogP contribution in [0.4, 0.5) is 0 Å². The normalized spacial score (nSPS) is 12.1. The Morgan fingerprint density at radius 1 is 1.45 bits per heavy atom. The molecule has 0 aromatic carbocycles. The van der Waals surface area contributed by atoms with E-state index in [-0.39, 0.29) is 16.9 Å². The summed E-state index contributed by atoms with van der Waals surface area (Å²) in [5.41, 5.74) is 0.167. The van der Waals surface area contributed by atoms with Crippen molar-refractivity contribution >= 4 is 0 Å². The molecule has 0 bridgehead atoms. The van der Waals surface area contributed by atoms with Crippen molar-refractivity contribution in [3.63, 3.8) is 0 Å². The standard InChI is InChI=1S/C8H16NO2/c1-7(6-9(10)11)5-8(2,3)4/h5-6H2,1-4H3. The number of hydrogen-bond acceptors (Lipinski definition) is 2. The molecule has 0 saturated carbocycles. The Bertz CT molecular complexity index is 138. The van der Waals surface area contributed by atoms with Crippen LogP contribution in [-0.2, 0) is 0 Å². The Morgan fingerprint density at radius 3 is 2.18 bits per heavy atom. The molecule has 0 atom stereocenters. The Balaban J connectivity index is 3.69. The van der Waals surface area contributed by atoms with Gasteiger partial charge in [-0.1, -0.05) is 27.7 Å². The predicted octanol–water partition coefficient (Wildman–Crippen LogP) is 2.29. The molecule has 65 valence electrons. The van der Waals surface area contributed by atoms with Gasteiger partial charge in [0, 0.05) is 10.8 Å². The monoisotopic (exact) mass is 158 g/mol. The van der Waals surface area contributed by atoms with Gasteiger partial charge in [0.05, 0.1) is 0 Å². The third-order valence-electron chi connectivity index (χ3n) is 1.23. The minimum absolute atomic E-state index is 0.0112. The molecule has 3 heteroatoms. The Kier molecular flexibility index (Phi) is 3.49. The highest BCUT2D eigenvalue weighted by molar-refractivity contribution is 4.87. The maximum atomic E-state index is 10.1. The van der Waals surface area contributed by atoms with Gasteiger partial charge in [0.15, 0.2) is 0 Å². The molecule has 0 aliphatic carbocycles. The first-order chi connectivity index (χ1) is 4.81. The van der Waals surface area contributed by atoms with Gasteiger partial charge in [0.25, 0.3) is 0 Å². The van der Waals surface area contributed by atoms with E-state index < -0.39 is 0 Å². The molecular formula is C8H16NO2. The smallest absolute Gasteiger partial charge is 0.209 e. The molecule has 1 radical (unpaired) electrons. The van der Waals surface area contributed by atoms with Gasteiger partial charge in [0.2, 0.25) is 6.54 Å². The summed E-state index contributed by atoms with van der Waals surface area (Å²) in [6.45, 7) is 8.09. The highest BCUT2D eigenvalue weighted by Crippen LogP contribution is 2.25. The second-order valence-corrected chi connectivity index (χ2v) is 4.19. The lowest BCUT2D eigenvalue weighted by Crippen LogP contribution is -2.16. The van der Waals surface area contributed by atoms with Gasteiger partial charge in [-0.2, -0.15) is 0 Å². The van der Waals surface area contributed by atoms with Crippen LogP contribution in [-0.4, -0.2) is 11.5 Å². The first-order valence-electron chi connectivity index (χ1n) is 3.74. The van der Waals surface area contributed by atoms with Gasteiger partial charge in [-0.3, -0.25) is 10.1 Å². The highest BCUT2D eigenvalue weighted by atomic mass is 16.6. The summed E-state index contributed by atoms with van der Waals surface area (Å²) in [6, 6.07) is 0. The Morgan fingerprint density at radius 2 is 1.91 bits per heavy atom. The molecule has 0 spiro atoms. The van der Waals surface area contributed by atoms with Crippen LogP contribution in [0.25, 0.3) is 0 Å². The van der Waals surface area contributed by atoms with Crippen molar-refractivity contribution < 1.29 is 4.92 Å². The van der Waals surface area contributed by atoms with Gasteiger partial charge in [-0.25, -0.2) is 0 Å². The average molecular weight is 158 g/mol. The topological polar surface area (TPSA) is 43.1 Å². The maximum Gasteiger partial charge on any atom is 0.209 e. The van der Waals surface area contributed by atoms with Crippen molar-refractivity contribution in [3.8, 4) is 0 Å². The van der Waals surface area contributed by atoms with E-state index in [0.717, 1.165) is 12.3 Å². The van der Waals surface area contributed by atoms with Crippen LogP contribution in [0.5, 0.6) is 0 Å². The summed E-state index contributed by atoms with van der Waals surface area (Å²) in [6.07, 6.45) is 0.827. The zero-order chi connectivity index (χ0) is 9.07. The second kappa shape index (κ2) is 3.69. The molecule has 0 fully saturated rings. The van der Waals surface area contributed by atoms with E-state index >= 15 is 0 Å². The van der Waals surface area contributed by atoms with E-state index in [4.69, 9.17) is 0 Å². The molecule has 0 aromatic rings. The highest BCUT2D eigenvalue weighted by Gasteiger charge is 2.18. The van der Waals surface area contributed by atoms with E-state index in [9.17, 15) is 10.1 Å². The van der Waals surface area contributed by atoms with Crippen LogP contribution < -0.4 is 0 Å². The quantitative estimate of drug-likeness (QED) is 0.467. The first kappa shape index (κ1) is 10.4. The van der Waals surface area contributed by atoms with Crippen LogP contribution >= 0.6 is 0 Å². The predicted molar refractivity (Wildman–Crippen MR) is 44.9 cm³/mol. The van der Waals surface area contributed by atoms with Gasteiger partial charge < -0.3 is 0 Å². The fourth-order valence-corrected chi connectivity index (χ4v) is 1.18. The minimum atomic E-state index is -0.277. The zero-order valence-corrected chi connectivity index (χ0v) is 7.68. The van der Waals surface area contributed by atoms with Crippen LogP contribution in [0.1, 0.15) is 34.1 Å². The van der Waals surface area contributed by atoms with Crippen molar-refractivity contribution in [1.29, 1.82) is 0 Å². The number of rotatable bonds is 3. The lowest BCUT2D eigenvalue weighted by molar-refractivity contribution is -0.475. The molecule has 0 amide bonds. The lowest BCUT2D eigenvalue weighted by atomic mass is 9.85. The molecule has 0 aliphatic heterocycles. The molecule has 3 nitrogen and oxygen atoms in total. The van der Waals surface area contributed by atoms with Gasteiger partial charge in [-0.05, 0) is 11.8 Å². The van der Waals surface area contributed by atoms with Gasteiger partial charge in [0.1, 0.15) is 0 Å². The summed E-state index contributed by atoms with van der Waals surface area (Å²) in [7, 11) is 0. The molecule has 0 aliphatic rings. The fourth-order valence-electron chi connectivity index (χ4n) is 1.18. The van der Waals surface area contributed by atoms with Crippen molar-refractivity contribution in [2.45, 2.75) is 34.1 Å². The molecule has 0 N–H and O–H groups in total. The Labute approximate surface area is 67.9 Å². The van der Waals surface area contributed by atoms with Crippen molar-refractivity contribution in [2.24, 2.45) is 5.41 Å². The SMILES string of the molecule is C[C](C[N+](=O)[O-])CC(C)(C)C. The molecular weight excluding hydrogens is 142 g/mol. The largest absolute Gasteiger partial charge is 0.265 e. The average Bonchev–Trinajstić information content (AvgIpc) is 1.53. The van der Waals surface area contributed by atoms with E-state index in [2.05, 4.69) is 20.8 Å². The Hall–Kier alpha value is -0.600. The number of nitro groups is 1. The molecule has 0 aromatic heterocycles. The molecule has 0 unspecified atom stereocenters. The van der Waals surface area contributed by atoms with E-state index in [1.807, 2.05) is 6.92 Å². The molecule has 0 saturated heterocycles. The van der Waals surface area contributed by atoms with Crippen LogP contribution in [0.15, 0.2) is 0 Å². The van der Waals surface area contributed by atoms with Crippen molar-refractivity contribution in [1.82, 2.24) is 0 Å². The van der Waals surface area contributed by atoms with E-state index in [0.29, 0.717) is 0 Å². The van der Waals surface area contributed by atoms with Crippen LogP contribution in [0.3, 0.4) is 0 Å². The third-order valence-corrected chi connectivity index (χ3v) is 1.23. The first-order valence-corrected chi connectivity index (χ1v) is 3.74. The van der Waals surface area contributed by atoms with E-state index in [1.54, 1.807) is 0 Å². The second-order valence-electron chi connectivity index (χ2n) is 4.19. The molecule has 11 heavy (non-hydrogen) atoms. The number of nitrogens with zero attached hydrogens (tertiary/aromatic N) is 1. The maximum absolute atomic E-state index is 10.1. The van der Waals surface area contributed by atoms with E-state index in [1.165, 1.54) is 0 Å². The number of hydrogen-bond donors (Lipinski definition) is 0. The van der Waals surface area contributed by atoms with Crippen LogP contribution in [0.2, 0.25) is 0 Å². The summed E-state index contributed by atoms with van der Waals surface area (Å²) >= 11 is 0. The fraction of sp³-hybridized carbons (Fsp3) is 0.875. The summed E-state index contributed by atoms with van der Waals surface area (Å²) in [5, 5.41) is 10.1. The minimum Gasteiger partial charge on any atom is -0.265 e. The summed E-state index contributed by atoms with van der Waals surface area (Å²) in [4.78, 5) is 9.80.